The summed E-state index contributed by atoms with van der Waals surface area (Å²) in [5.74, 6) is -0.194. The molecule has 5 nitrogen and oxygen atoms in total. The predicted molar refractivity (Wildman–Crippen MR) is 112 cm³/mol. The standard InChI is InChI=1S/C21H25N3O2.ClH/c1-14-13-16(21(26)24-12-6-5-7-15(24)2)10-11-19(14)23-20(25)17-8-3-4-9-18(17)22;/h3-4,8-11,13,15H,5-7,12,22H2,1-2H3,(H,23,25);1H. The van der Waals surface area contributed by atoms with Crippen LogP contribution >= 0.6 is 12.4 Å². The van der Waals surface area contributed by atoms with Gasteiger partial charge in [-0.15, -0.1) is 12.4 Å². The highest BCUT2D eigenvalue weighted by atomic mass is 35.5. The summed E-state index contributed by atoms with van der Waals surface area (Å²) >= 11 is 0. The first-order chi connectivity index (χ1) is 12.5. The van der Waals surface area contributed by atoms with Crippen molar-refractivity contribution < 1.29 is 9.59 Å². The molecule has 0 aromatic heterocycles. The monoisotopic (exact) mass is 387 g/mol. The van der Waals surface area contributed by atoms with Crippen molar-refractivity contribution in [2.45, 2.75) is 39.2 Å². The molecule has 0 saturated carbocycles. The van der Waals surface area contributed by atoms with Crippen molar-refractivity contribution in [2.24, 2.45) is 0 Å². The Kier molecular flexibility index (Phi) is 6.86. The van der Waals surface area contributed by atoms with Crippen molar-refractivity contribution in [2.75, 3.05) is 17.6 Å². The van der Waals surface area contributed by atoms with Gasteiger partial charge in [0.2, 0.25) is 0 Å². The Morgan fingerprint density at radius 3 is 2.56 bits per heavy atom. The first-order valence-corrected chi connectivity index (χ1v) is 9.05. The number of halogens is 1. The number of likely N-dealkylation sites (tertiary alicyclic amines) is 1. The summed E-state index contributed by atoms with van der Waals surface area (Å²) in [5, 5.41) is 2.88. The fraction of sp³-hybridized carbons (Fsp3) is 0.333. The maximum Gasteiger partial charge on any atom is 0.257 e. The summed E-state index contributed by atoms with van der Waals surface area (Å²) in [6, 6.07) is 12.6. The quantitative estimate of drug-likeness (QED) is 0.772. The number of piperidine rings is 1. The number of anilines is 2. The lowest BCUT2D eigenvalue weighted by Gasteiger charge is -2.33. The maximum atomic E-state index is 12.8. The van der Waals surface area contributed by atoms with Crippen LogP contribution in [0.2, 0.25) is 0 Å². The molecular weight excluding hydrogens is 362 g/mol. The van der Waals surface area contributed by atoms with Crippen LogP contribution < -0.4 is 11.1 Å². The van der Waals surface area contributed by atoms with E-state index in [1.54, 1.807) is 36.4 Å². The van der Waals surface area contributed by atoms with Crippen molar-refractivity contribution in [3.63, 3.8) is 0 Å². The number of nitrogens with one attached hydrogen (secondary N) is 1. The summed E-state index contributed by atoms with van der Waals surface area (Å²) in [7, 11) is 0. The molecule has 1 saturated heterocycles. The Hall–Kier alpha value is -2.53. The van der Waals surface area contributed by atoms with Gasteiger partial charge in [-0.25, -0.2) is 0 Å². The van der Waals surface area contributed by atoms with E-state index >= 15 is 0 Å². The van der Waals surface area contributed by atoms with Gasteiger partial charge in [0.25, 0.3) is 11.8 Å². The number of nitrogens with two attached hydrogens (primary N) is 1. The maximum absolute atomic E-state index is 12.8. The number of para-hydroxylation sites is 1. The third kappa shape index (κ3) is 4.61. The number of benzene rings is 2. The van der Waals surface area contributed by atoms with E-state index in [4.69, 9.17) is 5.73 Å². The van der Waals surface area contributed by atoms with Crippen LogP contribution in [0.5, 0.6) is 0 Å². The Bertz CT molecular complexity index is 838. The van der Waals surface area contributed by atoms with Gasteiger partial charge in [0, 0.05) is 29.5 Å². The van der Waals surface area contributed by atoms with E-state index in [1.165, 1.54) is 6.42 Å². The second kappa shape index (κ2) is 8.91. The van der Waals surface area contributed by atoms with E-state index in [9.17, 15) is 9.59 Å². The topological polar surface area (TPSA) is 75.4 Å². The highest BCUT2D eigenvalue weighted by Gasteiger charge is 2.24. The molecule has 0 radical (unpaired) electrons. The number of nitrogens with zero attached hydrogens (tertiary/aromatic N) is 1. The first kappa shape index (κ1) is 20.8. The van der Waals surface area contributed by atoms with Crippen LogP contribution in [0.15, 0.2) is 42.5 Å². The summed E-state index contributed by atoms with van der Waals surface area (Å²) in [5.41, 5.74) is 8.93. The fourth-order valence-electron chi connectivity index (χ4n) is 3.40. The number of amides is 2. The van der Waals surface area contributed by atoms with Crippen molar-refractivity contribution in [3.8, 4) is 0 Å². The fourth-order valence-corrected chi connectivity index (χ4v) is 3.40. The van der Waals surface area contributed by atoms with E-state index in [0.717, 1.165) is 24.9 Å². The average molecular weight is 388 g/mol. The van der Waals surface area contributed by atoms with Crippen molar-refractivity contribution >= 4 is 35.6 Å². The van der Waals surface area contributed by atoms with Gasteiger partial charge in [-0.3, -0.25) is 9.59 Å². The lowest BCUT2D eigenvalue weighted by atomic mass is 10.0. The van der Waals surface area contributed by atoms with E-state index in [-0.39, 0.29) is 30.3 Å². The SMILES string of the molecule is Cc1cc(C(=O)N2CCCCC2C)ccc1NC(=O)c1ccccc1N.Cl. The van der Waals surface area contributed by atoms with E-state index in [0.29, 0.717) is 22.5 Å². The number of hydrogen-bond acceptors (Lipinski definition) is 3. The van der Waals surface area contributed by atoms with Gasteiger partial charge >= 0.3 is 0 Å². The predicted octanol–water partition coefficient (Wildman–Crippen LogP) is 4.27. The van der Waals surface area contributed by atoms with Crippen LogP contribution in [0.25, 0.3) is 0 Å². The largest absolute Gasteiger partial charge is 0.398 e. The first-order valence-electron chi connectivity index (χ1n) is 9.05. The third-order valence-electron chi connectivity index (χ3n) is 4.99. The Labute approximate surface area is 166 Å². The lowest BCUT2D eigenvalue weighted by Crippen LogP contribution is -2.42. The Morgan fingerprint density at radius 1 is 1.15 bits per heavy atom. The molecule has 2 aromatic carbocycles. The number of carbonyl (C=O) groups excluding carboxylic acids is 2. The zero-order chi connectivity index (χ0) is 18.7. The normalized spacial score (nSPS) is 16.4. The molecule has 3 rings (SSSR count). The molecular formula is C21H26ClN3O2. The van der Waals surface area contributed by atoms with Gasteiger partial charge in [0.1, 0.15) is 0 Å². The van der Waals surface area contributed by atoms with Gasteiger partial charge in [-0.1, -0.05) is 12.1 Å². The second-order valence-corrected chi connectivity index (χ2v) is 6.91. The molecule has 2 aromatic rings. The second-order valence-electron chi connectivity index (χ2n) is 6.91. The van der Waals surface area contributed by atoms with Gasteiger partial charge in [0.05, 0.1) is 5.56 Å². The molecule has 0 spiro atoms. The highest BCUT2D eigenvalue weighted by Crippen LogP contribution is 2.23. The van der Waals surface area contributed by atoms with E-state index < -0.39 is 0 Å². The van der Waals surface area contributed by atoms with Crippen LogP contribution in [-0.2, 0) is 0 Å². The van der Waals surface area contributed by atoms with Gasteiger partial charge in [-0.2, -0.15) is 0 Å². The number of aryl methyl sites for hydroxylation is 1. The molecule has 1 aliphatic heterocycles. The van der Waals surface area contributed by atoms with Gasteiger partial charge in [-0.05, 0) is 69.0 Å². The van der Waals surface area contributed by atoms with Crippen molar-refractivity contribution in [1.82, 2.24) is 4.90 Å². The molecule has 0 aliphatic carbocycles. The number of rotatable bonds is 3. The van der Waals surface area contributed by atoms with Crippen molar-refractivity contribution in [1.29, 1.82) is 0 Å². The summed E-state index contributed by atoms with van der Waals surface area (Å²) in [4.78, 5) is 27.2. The molecule has 144 valence electrons. The molecule has 6 heteroatoms. The zero-order valence-corrected chi connectivity index (χ0v) is 16.5. The summed E-state index contributed by atoms with van der Waals surface area (Å²) < 4.78 is 0. The summed E-state index contributed by atoms with van der Waals surface area (Å²) in [6.45, 7) is 4.80. The average Bonchev–Trinajstić information content (AvgIpc) is 2.63. The molecule has 1 unspecified atom stereocenters. The number of nitrogen functional groups attached to an aromatic ring is 1. The highest BCUT2D eigenvalue weighted by molar-refractivity contribution is 6.08. The Morgan fingerprint density at radius 2 is 1.89 bits per heavy atom. The lowest BCUT2D eigenvalue weighted by molar-refractivity contribution is 0.0635. The van der Waals surface area contributed by atoms with E-state index in [2.05, 4.69) is 12.2 Å². The van der Waals surface area contributed by atoms with Crippen LogP contribution in [0.4, 0.5) is 11.4 Å². The third-order valence-corrected chi connectivity index (χ3v) is 4.99. The zero-order valence-electron chi connectivity index (χ0n) is 15.7. The minimum Gasteiger partial charge on any atom is -0.398 e. The molecule has 1 heterocycles. The van der Waals surface area contributed by atoms with Crippen LogP contribution in [-0.4, -0.2) is 29.3 Å². The van der Waals surface area contributed by atoms with Gasteiger partial charge in [0.15, 0.2) is 0 Å². The number of hydrogen-bond donors (Lipinski definition) is 2. The molecule has 0 bridgehead atoms. The minimum absolute atomic E-state index is 0. The van der Waals surface area contributed by atoms with E-state index in [1.807, 2.05) is 17.9 Å². The van der Waals surface area contributed by atoms with Crippen LogP contribution in [0.3, 0.4) is 0 Å². The number of carbonyl (C=O) groups is 2. The van der Waals surface area contributed by atoms with Crippen LogP contribution in [0.1, 0.15) is 52.5 Å². The van der Waals surface area contributed by atoms with Crippen LogP contribution in [0, 0.1) is 6.92 Å². The van der Waals surface area contributed by atoms with Crippen molar-refractivity contribution in [3.05, 3.63) is 59.2 Å². The smallest absolute Gasteiger partial charge is 0.257 e. The Balaban J connectivity index is 0.00000261. The molecule has 2 amide bonds. The molecule has 27 heavy (non-hydrogen) atoms. The molecule has 1 aliphatic rings. The van der Waals surface area contributed by atoms with Gasteiger partial charge < -0.3 is 16.0 Å². The molecule has 1 fully saturated rings. The molecule has 3 N–H and O–H groups in total. The molecule has 1 atom stereocenters. The summed E-state index contributed by atoms with van der Waals surface area (Å²) in [6.07, 6.45) is 3.29. The minimum atomic E-state index is -0.255.